The number of hydrogen-bond acceptors (Lipinski definition) is 3. The first-order valence-electron chi connectivity index (χ1n) is 3.57. The minimum absolute atomic E-state index is 0.324. The van der Waals surface area contributed by atoms with Gasteiger partial charge in [0.2, 0.25) is 10.0 Å². The fourth-order valence-corrected chi connectivity index (χ4v) is 1.68. The van der Waals surface area contributed by atoms with Crippen LogP contribution in [0.5, 0.6) is 0 Å². The van der Waals surface area contributed by atoms with Gasteiger partial charge in [-0.1, -0.05) is 30.3 Å². The first kappa shape index (κ1) is 9.88. The molecule has 70 valence electrons. The minimum atomic E-state index is -3.84. The molecule has 2 N–H and O–H groups in total. The number of carbonyl (C=O) groups is 1. The Labute approximate surface area is 76.4 Å². The highest BCUT2D eigenvalue weighted by Crippen LogP contribution is 2.16. The first-order chi connectivity index (χ1) is 6.05. The van der Waals surface area contributed by atoms with Crippen LogP contribution in [0.1, 0.15) is 10.8 Å². The number of hydrogen-bond donors (Lipinski definition) is 1. The Morgan fingerprint density at radius 2 is 1.77 bits per heavy atom. The zero-order valence-corrected chi connectivity index (χ0v) is 7.57. The Morgan fingerprint density at radius 1 is 1.23 bits per heavy atom. The monoisotopic (exact) mass is 199 g/mol. The van der Waals surface area contributed by atoms with Crippen LogP contribution in [0.4, 0.5) is 0 Å². The van der Waals surface area contributed by atoms with Crippen LogP contribution in [0.25, 0.3) is 0 Å². The van der Waals surface area contributed by atoms with Gasteiger partial charge in [-0.3, -0.25) is 0 Å². The molecule has 1 atom stereocenters. The summed E-state index contributed by atoms with van der Waals surface area (Å²) < 4.78 is 21.8. The molecule has 0 spiro atoms. The van der Waals surface area contributed by atoms with Gasteiger partial charge >= 0.3 is 0 Å². The molecular weight excluding hydrogens is 190 g/mol. The highest BCUT2D eigenvalue weighted by atomic mass is 32.2. The predicted octanol–water partition coefficient (Wildman–Crippen LogP) is 0.215. The van der Waals surface area contributed by atoms with Crippen LogP contribution < -0.4 is 5.14 Å². The van der Waals surface area contributed by atoms with Crippen LogP contribution in [0.2, 0.25) is 0 Å². The number of sulfonamides is 1. The smallest absolute Gasteiger partial charge is 0.223 e. The van der Waals surface area contributed by atoms with E-state index in [-0.39, 0.29) is 0 Å². The lowest BCUT2D eigenvalue weighted by atomic mass is 10.2. The molecule has 13 heavy (non-hydrogen) atoms. The average molecular weight is 199 g/mol. The lowest BCUT2D eigenvalue weighted by molar-refractivity contribution is -0.107. The molecule has 0 bridgehead atoms. The van der Waals surface area contributed by atoms with E-state index in [1.165, 1.54) is 0 Å². The summed E-state index contributed by atoms with van der Waals surface area (Å²) in [5.74, 6) is 0. The van der Waals surface area contributed by atoms with E-state index in [0.29, 0.717) is 11.8 Å². The van der Waals surface area contributed by atoms with Crippen molar-refractivity contribution in [1.82, 2.24) is 0 Å². The third-order valence-electron chi connectivity index (χ3n) is 1.61. The molecule has 1 aromatic carbocycles. The fraction of sp³-hybridized carbons (Fsp3) is 0.125. The molecule has 4 nitrogen and oxygen atoms in total. The summed E-state index contributed by atoms with van der Waals surface area (Å²) in [5, 5.41) is 3.61. The molecule has 0 aliphatic rings. The second-order valence-electron chi connectivity index (χ2n) is 2.56. The Balaban J connectivity index is 3.13. The Bertz CT molecular complexity index is 385. The van der Waals surface area contributed by atoms with Crippen LogP contribution in [-0.4, -0.2) is 14.7 Å². The van der Waals surface area contributed by atoms with Gasteiger partial charge in [0.15, 0.2) is 5.25 Å². The summed E-state index contributed by atoms with van der Waals surface area (Å²) in [6, 6.07) is 8.12. The highest BCUT2D eigenvalue weighted by molar-refractivity contribution is 7.90. The zero-order valence-electron chi connectivity index (χ0n) is 6.75. The van der Waals surface area contributed by atoms with Crippen LogP contribution in [0, 0.1) is 0 Å². The Kier molecular flexibility index (Phi) is 2.79. The van der Waals surface area contributed by atoms with E-state index in [4.69, 9.17) is 5.14 Å². The summed E-state index contributed by atoms with van der Waals surface area (Å²) >= 11 is 0. The van der Waals surface area contributed by atoms with E-state index < -0.39 is 15.3 Å². The first-order valence-corrected chi connectivity index (χ1v) is 5.18. The quantitative estimate of drug-likeness (QED) is 0.707. The van der Waals surface area contributed by atoms with E-state index in [1.807, 2.05) is 0 Å². The molecule has 1 aromatic rings. The highest BCUT2D eigenvalue weighted by Gasteiger charge is 2.21. The van der Waals surface area contributed by atoms with Gasteiger partial charge in [-0.2, -0.15) is 0 Å². The molecule has 0 saturated heterocycles. The molecule has 1 unspecified atom stereocenters. The maximum atomic E-state index is 10.9. The van der Waals surface area contributed by atoms with Crippen molar-refractivity contribution >= 4 is 16.3 Å². The number of rotatable bonds is 3. The van der Waals surface area contributed by atoms with Gasteiger partial charge in [-0.05, 0) is 5.56 Å². The zero-order chi connectivity index (χ0) is 9.90. The van der Waals surface area contributed by atoms with E-state index in [0.717, 1.165) is 0 Å². The maximum Gasteiger partial charge on any atom is 0.223 e. The third kappa shape index (κ3) is 2.37. The summed E-state index contributed by atoms with van der Waals surface area (Å²) in [5.41, 5.74) is 0.389. The lowest BCUT2D eigenvalue weighted by Gasteiger charge is -2.06. The van der Waals surface area contributed by atoms with Crippen molar-refractivity contribution in [3.05, 3.63) is 35.9 Å². The van der Waals surface area contributed by atoms with Gasteiger partial charge in [0.1, 0.15) is 6.29 Å². The van der Waals surface area contributed by atoms with Crippen molar-refractivity contribution in [3.8, 4) is 0 Å². The fourth-order valence-electron chi connectivity index (χ4n) is 0.988. The number of nitrogens with two attached hydrogens (primary N) is 1. The Hall–Kier alpha value is -1.20. The third-order valence-corrected chi connectivity index (χ3v) is 2.70. The molecule has 0 heterocycles. The standard InChI is InChI=1S/C8H9NO3S/c9-13(11,12)8(6-10)7-4-2-1-3-5-7/h1-6,8H,(H2,9,11,12). The van der Waals surface area contributed by atoms with Crippen molar-refractivity contribution in [2.24, 2.45) is 5.14 Å². The van der Waals surface area contributed by atoms with E-state index in [9.17, 15) is 13.2 Å². The van der Waals surface area contributed by atoms with Crippen LogP contribution in [0.3, 0.4) is 0 Å². The molecule has 0 saturated carbocycles. The molecule has 0 fully saturated rings. The van der Waals surface area contributed by atoms with Crippen molar-refractivity contribution in [1.29, 1.82) is 0 Å². The van der Waals surface area contributed by atoms with E-state index >= 15 is 0 Å². The van der Waals surface area contributed by atoms with Crippen LogP contribution in [0.15, 0.2) is 30.3 Å². The molecule has 5 heteroatoms. The number of carbonyl (C=O) groups excluding carboxylic acids is 1. The second-order valence-corrected chi connectivity index (χ2v) is 4.24. The lowest BCUT2D eigenvalue weighted by Crippen LogP contribution is -2.22. The van der Waals surface area contributed by atoms with Crippen LogP contribution in [-0.2, 0) is 14.8 Å². The second kappa shape index (κ2) is 3.68. The van der Waals surface area contributed by atoms with Crippen LogP contribution >= 0.6 is 0 Å². The van der Waals surface area contributed by atoms with Gasteiger partial charge in [-0.25, -0.2) is 13.6 Å². The molecular formula is C8H9NO3S. The molecule has 0 radical (unpaired) electrons. The van der Waals surface area contributed by atoms with Crippen molar-refractivity contribution in [2.45, 2.75) is 5.25 Å². The van der Waals surface area contributed by atoms with Gasteiger partial charge < -0.3 is 4.79 Å². The largest absolute Gasteiger partial charge is 0.301 e. The summed E-state index contributed by atoms with van der Waals surface area (Å²) in [7, 11) is -3.84. The van der Waals surface area contributed by atoms with E-state index in [1.54, 1.807) is 30.3 Å². The summed E-state index contributed by atoms with van der Waals surface area (Å²) in [6.45, 7) is 0. The number of primary sulfonamides is 1. The topological polar surface area (TPSA) is 77.2 Å². The van der Waals surface area contributed by atoms with Gasteiger partial charge in [0.25, 0.3) is 0 Å². The van der Waals surface area contributed by atoms with Crippen molar-refractivity contribution < 1.29 is 13.2 Å². The predicted molar refractivity (Wildman–Crippen MR) is 48.4 cm³/mol. The van der Waals surface area contributed by atoms with E-state index in [2.05, 4.69) is 0 Å². The molecule has 0 amide bonds. The summed E-state index contributed by atoms with van der Waals surface area (Å²) in [4.78, 5) is 10.5. The molecule has 0 aromatic heterocycles. The average Bonchev–Trinajstić information content (AvgIpc) is 2.05. The SMILES string of the molecule is NS(=O)(=O)C(C=O)c1ccccc1. The number of benzene rings is 1. The molecule has 1 rings (SSSR count). The van der Waals surface area contributed by atoms with Gasteiger partial charge in [0.05, 0.1) is 0 Å². The minimum Gasteiger partial charge on any atom is -0.301 e. The molecule has 0 aliphatic heterocycles. The summed E-state index contributed by atoms with van der Waals surface area (Å²) in [6.07, 6.45) is 0.324. The maximum absolute atomic E-state index is 10.9. The van der Waals surface area contributed by atoms with Crippen molar-refractivity contribution in [2.75, 3.05) is 0 Å². The normalized spacial score (nSPS) is 13.6. The van der Waals surface area contributed by atoms with Crippen molar-refractivity contribution in [3.63, 3.8) is 0 Å². The molecule has 0 aliphatic carbocycles. The van der Waals surface area contributed by atoms with Gasteiger partial charge in [-0.15, -0.1) is 0 Å². The number of aldehydes is 1. The Morgan fingerprint density at radius 3 is 2.15 bits per heavy atom. The van der Waals surface area contributed by atoms with Gasteiger partial charge in [0, 0.05) is 0 Å².